The first kappa shape index (κ1) is 16.7. The summed E-state index contributed by atoms with van der Waals surface area (Å²) in [5, 5.41) is 2.46. The maximum absolute atomic E-state index is 12.7. The number of halogens is 6. The third-order valence-electron chi connectivity index (χ3n) is 2.05. The SMILES string of the molecule is CCCNc1ncc(Cl)c(OCC(F)(F)C(F)(F)F)n1. The van der Waals surface area contributed by atoms with Crippen LogP contribution in [0.4, 0.5) is 27.9 Å². The maximum atomic E-state index is 12.7. The molecule has 1 aromatic heterocycles. The molecule has 0 aromatic carbocycles. The minimum atomic E-state index is -5.70. The lowest BCUT2D eigenvalue weighted by Gasteiger charge is -2.19. The van der Waals surface area contributed by atoms with Crippen molar-refractivity contribution in [1.29, 1.82) is 0 Å². The van der Waals surface area contributed by atoms with Gasteiger partial charge in [-0.25, -0.2) is 4.98 Å². The smallest absolute Gasteiger partial charge is 0.456 e. The molecule has 10 heteroatoms. The molecular weight excluding hydrogens is 309 g/mol. The van der Waals surface area contributed by atoms with Gasteiger partial charge in [0, 0.05) is 6.54 Å². The van der Waals surface area contributed by atoms with Gasteiger partial charge in [-0.15, -0.1) is 0 Å². The van der Waals surface area contributed by atoms with E-state index in [0.717, 1.165) is 12.6 Å². The van der Waals surface area contributed by atoms with Crippen LogP contribution >= 0.6 is 11.6 Å². The molecule has 114 valence electrons. The fraction of sp³-hybridized carbons (Fsp3) is 0.600. The molecule has 0 atom stereocenters. The molecule has 1 aromatic rings. The molecule has 1 rings (SSSR count). The Morgan fingerprint density at radius 3 is 2.50 bits per heavy atom. The van der Waals surface area contributed by atoms with Crippen molar-refractivity contribution < 1.29 is 26.7 Å². The lowest BCUT2D eigenvalue weighted by Crippen LogP contribution is -2.41. The van der Waals surface area contributed by atoms with Gasteiger partial charge < -0.3 is 10.1 Å². The summed E-state index contributed by atoms with van der Waals surface area (Å²) in [6, 6.07) is 0. The standard InChI is InChI=1S/C10H11ClF5N3O/c1-2-3-17-8-18-4-6(11)7(19-8)20-5-9(12,13)10(14,15)16/h4H,2-3,5H2,1H3,(H,17,18,19). The summed E-state index contributed by atoms with van der Waals surface area (Å²) in [5.74, 6) is -5.50. The summed E-state index contributed by atoms with van der Waals surface area (Å²) in [7, 11) is 0. The molecule has 0 unspecified atom stereocenters. The first-order valence-corrected chi connectivity index (χ1v) is 5.89. The summed E-state index contributed by atoms with van der Waals surface area (Å²) in [5.41, 5.74) is 0. The molecule has 0 fully saturated rings. The first-order valence-electron chi connectivity index (χ1n) is 5.51. The maximum Gasteiger partial charge on any atom is 0.456 e. The van der Waals surface area contributed by atoms with Crippen molar-refractivity contribution in [3.63, 3.8) is 0 Å². The van der Waals surface area contributed by atoms with Crippen LogP contribution in [-0.4, -0.2) is 35.2 Å². The van der Waals surface area contributed by atoms with Crippen LogP contribution in [-0.2, 0) is 0 Å². The number of hydrogen-bond acceptors (Lipinski definition) is 4. The van der Waals surface area contributed by atoms with E-state index in [1.165, 1.54) is 0 Å². The molecule has 0 bridgehead atoms. The zero-order valence-corrected chi connectivity index (χ0v) is 11.0. The summed E-state index contributed by atoms with van der Waals surface area (Å²) in [4.78, 5) is 7.34. The molecule has 0 radical (unpaired) electrons. The van der Waals surface area contributed by atoms with Gasteiger partial charge in [0.05, 0.1) is 6.20 Å². The van der Waals surface area contributed by atoms with Gasteiger partial charge in [-0.2, -0.15) is 26.9 Å². The van der Waals surface area contributed by atoms with Crippen LogP contribution in [0.5, 0.6) is 5.88 Å². The zero-order chi connectivity index (χ0) is 15.4. The number of nitrogens with one attached hydrogen (secondary N) is 1. The van der Waals surface area contributed by atoms with E-state index < -0.39 is 24.6 Å². The number of rotatable bonds is 6. The van der Waals surface area contributed by atoms with Crippen molar-refractivity contribution in [3.05, 3.63) is 11.2 Å². The Balaban J connectivity index is 2.77. The quantitative estimate of drug-likeness (QED) is 0.815. The molecule has 0 spiro atoms. The molecule has 1 N–H and O–H groups in total. The van der Waals surface area contributed by atoms with Crippen LogP contribution in [0, 0.1) is 0 Å². The summed E-state index contributed by atoms with van der Waals surface area (Å²) >= 11 is 5.57. The Labute approximate surface area is 116 Å². The van der Waals surface area contributed by atoms with E-state index in [-0.39, 0.29) is 11.0 Å². The van der Waals surface area contributed by atoms with Crippen molar-refractivity contribution >= 4 is 17.5 Å². The predicted molar refractivity (Wildman–Crippen MR) is 62.3 cm³/mol. The van der Waals surface area contributed by atoms with Crippen molar-refractivity contribution in [3.8, 4) is 5.88 Å². The summed E-state index contributed by atoms with van der Waals surface area (Å²) in [6.07, 6.45) is -3.91. The van der Waals surface area contributed by atoms with Gasteiger partial charge in [-0.05, 0) is 6.42 Å². The average Bonchev–Trinajstić information content (AvgIpc) is 2.35. The molecule has 0 saturated carbocycles. The lowest BCUT2D eigenvalue weighted by atomic mass is 10.3. The van der Waals surface area contributed by atoms with E-state index in [2.05, 4.69) is 20.0 Å². The van der Waals surface area contributed by atoms with Crippen molar-refractivity contribution in [2.75, 3.05) is 18.5 Å². The van der Waals surface area contributed by atoms with Crippen molar-refractivity contribution in [2.45, 2.75) is 25.4 Å². The largest absolute Gasteiger partial charge is 0.470 e. The van der Waals surface area contributed by atoms with E-state index in [1.54, 1.807) is 0 Å². The third kappa shape index (κ3) is 4.32. The highest BCUT2D eigenvalue weighted by Crippen LogP contribution is 2.36. The van der Waals surface area contributed by atoms with E-state index in [0.29, 0.717) is 6.54 Å². The normalized spacial score (nSPS) is 12.3. The number of anilines is 1. The van der Waals surface area contributed by atoms with Crippen LogP contribution in [0.3, 0.4) is 0 Å². The number of ether oxygens (including phenoxy) is 1. The Bertz CT molecular complexity index is 455. The number of nitrogens with zero attached hydrogens (tertiary/aromatic N) is 2. The van der Waals surface area contributed by atoms with E-state index in [1.807, 2.05) is 6.92 Å². The highest BCUT2D eigenvalue weighted by molar-refractivity contribution is 6.31. The van der Waals surface area contributed by atoms with Crippen LogP contribution < -0.4 is 10.1 Å². The molecule has 0 aliphatic rings. The zero-order valence-electron chi connectivity index (χ0n) is 10.3. The molecule has 0 saturated heterocycles. The van der Waals surface area contributed by atoms with Gasteiger partial charge in [-0.1, -0.05) is 18.5 Å². The molecule has 4 nitrogen and oxygen atoms in total. The second-order valence-electron chi connectivity index (χ2n) is 3.76. The number of aromatic nitrogens is 2. The van der Waals surface area contributed by atoms with Crippen molar-refractivity contribution in [1.82, 2.24) is 9.97 Å². The van der Waals surface area contributed by atoms with Gasteiger partial charge in [0.25, 0.3) is 0 Å². The molecule has 0 aliphatic carbocycles. The summed E-state index contributed by atoms with van der Waals surface area (Å²) < 4.78 is 65.7. The Morgan fingerprint density at radius 1 is 1.30 bits per heavy atom. The fourth-order valence-electron chi connectivity index (χ4n) is 1.02. The molecule has 0 amide bonds. The predicted octanol–water partition coefficient (Wildman–Crippen LogP) is 3.53. The van der Waals surface area contributed by atoms with Crippen LogP contribution in [0.1, 0.15) is 13.3 Å². The lowest BCUT2D eigenvalue weighted by molar-refractivity contribution is -0.290. The minimum absolute atomic E-state index is 0.0292. The van der Waals surface area contributed by atoms with Crippen molar-refractivity contribution in [2.24, 2.45) is 0 Å². The van der Waals surface area contributed by atoms with Gasteiger partial charge in [-0.3, -0.25) is 0 Å². The highest BCUT2D eigenvalue weighted by Gasteiger charge is 2.58. The monoisotopic (exact) mass is 319 g/mol. The second-order valence-corrected chi connectivity index (χ2v) is 4.17. The third-order valence-corrected chi connectivity index (χ3v) is 2.31. The fourth-order valence-corrected chi connectivity index (χ4v) is 1.16. The Kier molecular flexibility index (Phi) is 5.32. The van der Waals surface area contributed by atoms with Crippen LogP contribution in [0.2, 0.25) is 5.02 Å². The number of hydrogen-bond donors (Lipinski definition) is 1. The average molecular weight is 320 g/mol. The van der Waals surface area contributed by atoms with E-state index in [4.69, 9.17) is 11.6 Å². The molecular formula is C10H11ClF5N3O. The molecule has 1 heterocycles. The van der Waals surface area contributed by atoms with Crippen LogP contribution in [0.25, 0.3) is 0 Å². The Morgan fingerprint density at radius 2 is 1.95 bits per heavy atom. The minimum Gasteiger partial charge on any atom is -0.470 e. The summed E-state index contributed by atoms with van der Waals surface area (Å²) in [6.45, 7) is 0.463. The highest BCUT2D eigenvalue weighted by atomic mass is 35.5. The van der Waals surface area contributed by atoms with Gasteiger partial charge in [0.2, 0.25) is 11.8 Å². The molecule has 20 heavy (non-hydrogen) atoms. The topological polar surface area (TPSA) is 47.0 Å². The van der Waals surface area contributed by atoms with Gasteiger partial charge in [0.15, 0.2) is 6.61 Å². The van der Waals surface area contributed by atoms with E-state index >= 15 is 0 Å². The van der Waals surface area contributed by atoms with Crippen LogP contribution in [0.15, 0.2) is 6.20 Å². The van der Waals surface area contributed by atoms with Gasteiger partial charge >= 0.3 is 12.1 Å². The Hall–Kier alpha value is -1.38. The van der Waals surface area contributed by atoms with Gasteiger partial charge in [0.1, 0.15) is 5.02 Å². The van der Waals surface area contributed by atoms with E-state index in [9.17, 15) is 22.0 Å². The molecule has 0 aliphatic heterocycles. The first-order chi connectivity index (χ1) is 9.17. The second kappa shape index (κ2) is 6.38. The number of alkyl halides is 5.